The molecular weight excluding hydrogens is 284 g/mol. The minimum Gasteiger partial charge on any atom is -0.316 e. The van der Waals surface area contributed by atoms with Crippen LogP contribution >= 0.6 is 34.7 Å². The van der Waals surface area contributed by atoms with Crippen molar-refractivity contribution in [2.75, 3.05) is 18.8 Å². The van der Waals surface area contributed by atoms with Crippen molar-refractivity contribution in [1.82, 2.24) is 10.3 Å². The van der Waals surface area contributed by atoms with Gasteiger partial charge in [-0.05, 0) is 36.5 Å². The number of nitrogens with one attached hydrogen (secondary N) is 1. The molecule has 0 aliphatic rings. The maximum atomic E-state index is 5.78. The van der Waals surface area contributed by atoms with E-state index in [0.717, 1.165) is 30.3 Å². The molecule has 0 aromatic carbocycles. The fourth-order valence-corrected chi connectivity index (χ4v) is 3.03. The van der Waals surface area contributed by atoms with E-state index in [1.54, 1.807) is 18.0 Å². The van der Waals surface area contributed by atoms with Crippen molar-refractivity contribution >= 4 is 34.7 Å². The van der Waals surface area contributed by atoms with Crippen LogP contribution in [0.2, 0.25) is 5.02 Å². The molecule has 0 saturated carbocycles. The highest BCUT2D eigenvalue weighted by molar-refractivity contribution is 7.99. The Hall–Kier alpha value is -0.550. The number of aromatic nitrogens is 1. The Bertz CT molecular complexity index is 443. The Kier molecular flexibility index (Phi) is 6.00. The van der Waals surface area contributed by atoms with Gasteiger partial charge in [-0.1, -0.05) is 17.7 Å². The highest BCUT2D eigenvalue weighted by atomic mass is 35.5. The zero-order valence-corrected chi connectivity index (χ0v) is 12.3. The Morgan fingerprint density at radius 1 is 1.28 bits per heavy atom. The van der Waals surface area contributed by atoms with Crippen molar-refractivity contribution in [1.29, 1.82) is 0 Å². The first-order chi connectivity index (χ1) is 8.84. The second-order valence-electron chi connectivity index (χ2n) is 3.74. The average Bonchev–Trinajstić information content (AvgIpc) is 2.89. The number of pyridine rings is 1. The minimum absolute atomic E-state index is 0.688. The van der Waals surface area contributed by atoms with Gasteiger partial charge in [0.15, 0.2) is 0 Å². The maximum Gasteiger partial charge on any atom is 0.0961 e. The molecule has 2 aromatic rings. The summed E-state index contributed by atoms with van der Waals surface area (Å²) in [5.41, 5.74) is 0. The summed E-state index contributed by atoms with van der Waals surface area (Å²) in [6, 6.07) is 8.11. The maximum absolute atomic E-state index is 5.78. The van der Waals surface area contributed by atoms with Gasteiger partial charge in [0, 0.05) is 23.4 Å². The fourth-order valence-electron chi connectivity index (χ4n) is 1.47. The average molecular weight is 299 g/mol. The number of nitrogens with zero attached hydrogens (tertiary/aromatic N) is 1. The molecule has 0 aliphatic carbocycles. The SMILES string of the molecule is Clc1ccc(SCCNCCc2cccs2)nc1. The van der Waals surface area contributed by atoms with Crippen molar-refractivity contribution in [3.63, 3.8) is 0 Å². The normalized spacial score (nSPS) is 10.7. The molecule has 5 heteroatoms. The number of rotatable bonds is 7. The number of halogens is 1. The first kappa shape index (κ1) is 13.9. The molecule has 0 aliphatic heterocycles. The molecule has 0 saturated heterocycles. The van der Waals surface area contributed by atoms with Gasteiger partial charge < -0.3 is 5.32 Å². The predicted molar refractivity (Wildman–Crippen MR) is 80.9 cm³/mol. The number of hydrogen-bond donors (Lipinski definition) is 1. The predicted octanol–water partition coefficient (Wildman–Crippen LogP) is 3.72. The van der Waals surface area contributed by atoms with E-state index in [9.17, 15) is 0 Å². The Morgan fingerprint density at radius 2 is 2.22 bits per heavy atom. The molecule has 2 rings (SSSR count). The van der Waals surface area contributed by atoms with Crippen molar-refractivity contribution in [3.05, 3.63) is 45.7 Å². The van der Waals surface area contributed by atoms with Gasteiger partial charge in [0.05, 0.1) is 10.0 Å². The van der Waals surface area contributed by atoms with Crippen molar-refractivity contribution < 1.29 is 0 Å². The third-order valence-electron chi connectivity index (χ3n) is 2.36. The van der Waals surface area contributed by atoms with E-state index < -0.39 is 0 Å². The van der Waals surface area contributed by atoms with Gasteiger partial charge in [0.2, 0.25) is 0 Å². The summed E-state index contributed by atoms with van der Waals surface area (Å²) in [5, 5.41) is 7.28. The lowest BCUT2D eigenvalue weighted by atomic mass is 10.3. The topological polar surface area (TPSA) is 24.9 Å². The van der Waals surface area contributed by atoms with Crippen LogP contribution in [0.5, 0.6) is 0 Å². The largest absolute Gasteiger partial charge is 0.316 e. The van der Waals surface area contributed by atoms with Crippen molar-refractivity contribution in [2.24, 2.45) is 0 Å². The van der Waals surface area contributed by atoms with E-state index in [0.29, 0.717) is 5.02 Å². The molecule has 0 atom stereocenters. The Morgan fingerprint density at radius 3 is 2.94 bits per heavy atom. The molecule has 0 radical (unpaired) electrons. The third kappa shape index (κ3) is 4.98. The van der Waals surface area contributed by atoms with Crippen LogP contribution in [0.25, 0.3) is 0 Å². The molecule has 2 nitrogen and oxygen atoms in total. The van der Waals surface area contributed by atoms with Crippen LogP contribution in [0.4, 0.5) is 0 Å². The molecule has 0 bridgehead atoms. The van der Waals surface area contributed by atoms with Gasteiger partial charge in [-0.25, -0.2) is 4.98 Å². The lowest BCUT2D eigenvalue weighted by Crippen LogP contribution is -2.19. The fraction of sp³-hybridized carbons (Fsp3) is 0.308. The lowest BCUT2D eigenvalue weighted by Gasteiger charge is -2.03. The second-order valence-corrected chi connectivity index (χ2v) is 6.33. The number of thioether (sulfide) groups is 1. The van der Waals surface area contributed by atoms with Gasteiger partial charge in [0.25, 0.3) is 0 Å². The van der Waals surface area contributed by atoms with E-state index in [1.807, 2.05) is 23.5 Å². The highest BCUT2D eigenvalue weighted by Gasteiger charge is 1.96. The molecular formula is C13H15ClN2S2. The summed E-state index contributed by atoms with van der Waals surface area (Å²) in [6.45, 7) is 2.04. The van der Waals surface area contributed by atoms with E-state index >= 15 is 0 Å². The van der Waals surface area contributed by atoms with Crippen LogP contribution in [0.1, 0.15) is 4.88 Å². The molecule has 96 valence electrons. The van der Waals surface area contributed by atoms with Crippen molar-refractivity contribution in [3.8, 4) is 0 Å². The quantitative estimate of drug-likeness (QED) is 0.623. The third-order valence-corrected chi connectivity index (χ3v) is 4.46. The smallest absolute Gasteiger partial charge is 0.0961 e. The highest BCUT2D eigenvalue weighted by Crippen LogP contribution is 2.16. The summed E-state index contributed by atoms with van der Waals surface area (Å²) >= 11 is 9.34. The summed E-state index contributed by atoms with van der Waals surface area (Å²) < 4.78 is 0. The van der Waals surface area contributed by atoms with E-state index in [1.165, 1.54) is 4.88 Å². The molecule has 2 heterocycles. The molecule has 18 heavy (non-hydrogen) atoms. The lowest BCUT2D eigenvalue weighted by molar-refractivity contribution is 0.725. The monoisotopic (exact) mass is 298 g/mol. The summed E-state index contributed by atoms with van der Waals surface area (Å²) in [5.74, 6) is 1.03. The zero-order chi connectivity index (χ0) is 12.6. The minimum atomic E-state index is 0.688. The molecule has 1 N–H and O–H groups in total. The molecule has 0 amide bonds. The molecule has 0 fully saturated rings. The molecule has 2 aromatic heterocycles. The van der Waals surface area contributed by atoms with Gasteiger partial charge >= 0.3 is 0 Å². The van der Waals surface area contributed by atoms with E-state index in [-0.39, 0.29) is 0 Å². The second kappa shape index (κ2) is 7.79. The van der Waals surface area contributed by atoms with Crippen molar-refractivity contribution in [2.45, 2.75) is 11.4 Å². The van der Waals surface area contributed by atoms with Crippen LogP contribution < -0.4 is 5.32 Å². The summed E-state index contributed by atoms with van der Waals surface area (Å²) in [7, 11) is 0. The molecule has 0 spiro atoms. The van der Waals surface area contributed by atoms with Crippen LogP contribution in [0.15, 0.2) is 40.9 Å². The van der Waals surface area contributed by atoms with Gasteiger partial charge in [-0.15, -0.1) is 23.1 Å². The van der Waals surface area contributed by atoms with Gasteiger partial charge in [-0.2, -0.15) is 0 Å². The number of thiophene rings is 1. The van der Waals surface area contributed by atoms with Crippen LogP contribution in [-0.4, -0.2) is 23.8 Å². The first-order valence-corrected chi connectivity index (χ1v) is 8.06. The molecule has 0 unspecified atom stereocenters. The van der Waals surface area contributed by atoms with Gasteiger partial charge in [0.1, 0.15) is 0 Å². The Labute approximate surface area is 121 Å². The van der Waals surface area contributed by atoms with E-state index in [4.69, 9.17) is 11.6 Å². The standard InChI is InChI=1S/C13H15ClN2S2/c14-11-3-4-13(16-10-11)18-9-7-15-6-5-12-2-1-8-17-12/h1-4,8,10,15H,5-7,9H2. The van der Waals surface area contributed by atoms with Crippen LogP contribution in [0, 0.1) is 0 Å². The van der Waals surface area contributed by atoms with E-state index in [2.05, 4.69) is 27.8 Å². The first-order valence-electron chi connectivity index (χ1n) is 5.82. The zero-order valence-electron chi connectivity index (χ0n) is 9.93. The Balaban J connectivity index is 1.55. The van der Waals surface area contributed by atoms with Crippen LogP contribution in [-0.2, 0) is 6.42 Å². The summed E-state index contributed by atoms with van der Waals surface area (Å²) in [4.78, 5) is 5.68. The number of hydrogen-bond acceptors (Lipinski definition) is 4. The van der Waals surface area contributed by atoms with Crippen LogP contribution in [0.3, 0.4) is 0 Å². The van der Waals surface area contributed by atoms with Gasteiger partial charge in [-0.3, -0.25) is 0 Å². The summed E-state index contributed by atoms with van der Waals surface area (Å²) in [6.07, 6.45) is 2.80.